The monoisotopic (exact) mass is 250 g/mol. The van der Waals surface area contributed by atoms with E-state index in [1.165, 1.54) is 12.1 Å². The summed E-state index contributed by atoms with van der Waals surface area (Å²) < 4.78 is 0. The fraction of sp³-hybridized carbons (Fsp3) is 0.462. The molecule has 18 heavy (non-hydrogen) atoms. The Morgan fingerprint density at radius 3 is 2.28 bits per heavy atom. The number of carbonyl (C=O) groups excluding carboxylic acids is 1. The van der Waals surface area contributed by atoms with Crippen molar-refractivity contribution in [3.63, 3.8) is 0 Å². The van der Waals surface area contributed by atoms with Crippen molar-refractivity contribution in [2.45, 2.75) is 33.1 Å². The second kappa shape index (κ2) is 6.74. The number of nitrogens with zero attached hydrogens (tertiary/aromatic N) is 2. The van der Waals surface area contributed by atoms with Gasteiger partial charge < -0.3 is 4.90 Å². The molecule has 5 heteroatoms. The van der Waals surface area contributed by atoms with Crippen molar-refractivity contribution in [1.82, 2.24) is 0 Å². The van der Waals surface area contributed by atoms with E-state index in [-0.39, 0.29) is 11.6 Å². The van der Waals surface area contributed by atoms with Gasteiger partial charge in [0.05, 0.1) is 4.92 Å². The molecule has 1 heterocycles. The molecule has 0 N–H and O–H groups in total. The van der Waals surface area contributed by atoms with Crippen molar-refractivity contribution in [2.75, 3.05) is 11.4 Å². The van der Waals surface area contributed by atoms with Crippen LogP contribution >= 0.6 is 0 Å². The summed E-state index contributed by atoms with van der Waals surface area (Å²) >= 11 is 0. The first-order chi connectivity index (χ1) is 8.68. The number of carbonyl (C=O) groups is 1. The van der Waals surface area contributed by atoms with Crippen LogP contribution in [0.25, 0.3) is 0 Å². The molecule has 0 spiro atoms. The van der Waals surface area contributed by atoms with E-state index in [1.807, 2.05) is 13.8 Å². The number of hydrogen-bond acceptors (Lipinski definition) is 3. The molecule has 0 radical (unpaired) electrons. The van der Waals surface area contributed by atoms with Crippen LogP contribution in [0.1, 0.15) is 33.1 Å². The minimum absolute atomic E-state index is 0.0493. The maximum absolute atomic E-state index is 11.6. The third-order valence-corrected chi connectivity index (χ3v) is 2.70. The van der Waals surface area contributed by atoms with E-state index in [1.54, 1.807) is 17.0 Å². The first kappa shape index (κ1) is 14.2. The first-order valence-corrected chi connectivity index (χ1v) is 6.23. The quantitative estimate of drug-likeness (QED) is 0.598. The van der Waals surface area contributed by atoms with Gasteiger partial charge >= 0.3 is 0 Å². The van der Waals surface area contributed by atoms with Gasteiger partial charge in [0.2, 0.25) is 5.91 Å². The number of hydrogen-bond donors (Lipinski definition) is 0. The van der Waals surface area contributed by atoms with Gasteiger partial charge in [-0.1, -0.05) is 13.8 Å². The van der Waals surface area contributed by atoms with Gasteiger partial charge in [-0.2, -0.15) is 0 Å². The number of anilines is 1. The number of nitro groups is 1. The van der Waals surface area contributed by atoms with Gasteiger partial charge in [-0.05, 0) is 25.0 Å². The molecule has 2 rings (SSSR count). The average Bonchev–Trinajstić information content (AvgIpc) is 2.42. The zero-order chi connectivity index (χ0) is 13.5. The van der Waals surface area contributed by atoms with Gasteiger partial charge in [-0.15, -0.1) is 0 Å². The van der Waals surface area contributed by atoms with Crippen molar-refractivity contribution < 1.29 is 9.72 Å². The smallest absolute Gasteiger partial charge is 0.269 e. The molecule has 0 aliphatic carbocycles. The van der Waals surface area contributed by atoms with E-state index >= 15 is 0 Å². The molecule has 0 unspecified atom stereocenters. The SMILES string of the molecule is CC.O=C1CCCCN1c1ccc([N+](=O)[O-])cc1. The number of benzene rings is 1. The van der Waals surface area contributed by atoms with Gasteiger partial charge in [-0.25, -0.2) is 0 Å². The molecule has 98 valence electrons. The van der Waals surface area contributed by atoms with Gasteiger partial charge in [0, 0.05) is 30.8 Å². The summed E-state index contributed by atoms with van der Waals surface area (Å²) in [5.74, 6) is 0.0973. The fourth-order valence-electron chi connectivity index (χ4n) is 1.83. The molecular weight excluding hydrogens is 232 g/mol. The number of non-ortho nitro benzene ring substituents is 1. The highest BCUT2D eigenvalue weighted by molar-refractivity contribution is 5.94. The van der Waals surface area contributed by atoms with E-state index in [2.05, 4.69) is 0 Å². The van der Waals surface area contributed by atoms with Crippen LogP contribution in [0.3, 0.4) is 0 Å². The van der Waals surface area contributed by atoms with Crippen molar-refractivity contribution in [3.8, 4) is 0 Å². The van der Waals surface area contributed by atoms with Crippen LogP contribution in [0.15, 0.2) is 24.3 Å². The topological polar surface area (TPSA) is 63.5 Å². The Labute approximate surface area is 107 Å². The molecule has 1 aromatic carbocycles. The highest BCUT2D eigenvalue weighted by atomic mass is 16.6. The molecule has 1 aromatic rings. The lowest BCUT2D eigenvalue weighted by Crippen LogP contribution is -2.35. The summed E-state index contributed by atoms with van der Waals surface area (Å²) in [5, 5.41) is 10.5. The average molecular weight is 250 g/mol. The number of amides is 1. The molecular formula is C13H18N2O3. The lowest BCUT2D eigenvalue weighted by molar-refractivity contribution is -0.384. The molecule has 1 saturated heterocycles. The molecule has 5 nitrogen and oxygen atoms in total. The molecule has 1 aliphatic heterocycles. The van der Waals surface area contributed by atoms with E-state index in [9.17, 15) is 14.9 Å². The summed E-state index contributed by atoms with van der Waals surface area (Å²) in [7, 11) is 0. The van der Waals surface area contributed by atoms with Gasteiger partial charge in [-0.3, -0.25) is 14.9 Å². The van der Waals surface area contributed by atoms with Crippen LogP contribution in [0.4, 0.5) is 11.4 Å². The summed E-state index contributed by atoms with van der Waals surface area (Å²) in [6.07, 6.45) is 2.49. The van der Waals surface area contributed by atoms with Gasteiger partial charge in [0.25, 0.3) is 5.69 Å². The van der Waals surface area contributed by atoms with Crippen LogP contribution < -0.4 is 4.90 Å². The Morgan fingerprint density at radius 2 is 1.78 bits per heavy atom. The Morgan fingerprint density at radius 1 is 1.17 bits per heavy atom. The predicted octanol–water partition coefficient (Wildman–Crippen LogP) is 3.14. The molecule has 0 saturated carbocycles. The van der Waals surface area contributed by atoms with E-state index in [0.29, 0.717) is 13.0 Å². The van der Waals surface area contributed by atoms with Crippen molar-refractivity contribution >= 4 is 17.3 Å². The Hall–Kier alpha value is -1.91. The van der Waals surface area contributed by atoms with Crippen molar-refractivity contribution in [2.24, 2.45) is 0 Å². The van der Waals surface area contributed by atoms with Crippen LogP contribution in [-0.2, 0) is 4.79 Å². The zero-order valence-electron chi connectivity index (χ0n) is 10.8. The van der Waals surface area contributed by atoms with Crippen LogP contribution in [0, 0.1) is 10.1 Å². The summed E-state index contributed by atoms with van der Waals surface area (Å²) in [4.78, 5) is 23.3. The lowest BCUT2D eigenvalue weighted by atomic mass is 10.1. The minimum Gasteiger partial charge on any atom is -0.312 e. The first-order valence-electron chi connectivity index (χ1n) is 6.23. The molecule has 0 bridgehead atoms. The zero-order valence-corrected chi connectivity index (χ0v) is 10.8. The van der Waals surface area contributed by atoms with Crippen LogP contribution in [0.5, 0.6) is 0 Å². The maximum atomic E-state index is 11.6. The highest BCUT2D eigenvalue weighted by Gasteiger charge is 2.19. The Kier molecular flexibility index (Phi) is 5.30. The summed E-state index contributed by atoms with van der Waals surface area (Å²) in [6.45, 7) is 4.71. The molecule has 0 atom stereocenters. The summed E-state index contributed by atoms with van der Waals surface area (Å²) in [6, 6.07) is 6.11. The van der Waals surface area contributed by atoms with E-state index in [4.69, 9.17) is 0 Å². The Bertz CT molecular complexity index is 415. The Balaban J connectivity index is 0.000000771. The van der Waals surface area contributed by atoms with Crippen LogP contribution in [0.2, 0.25) is 0 Å². The maximum Gasteiger partial charge on any atom is 0.269 e. The molecule has 1 fully saturated rings. The normalized spacial score (nSPS) is 14.8. The van der Waals surface area contributed by atoms with Crippen LogP contribution in [-0.4, -0.2) is 17.4 Å². The largest absolute Gasteiger partial charge is 0.312 e. The van der Waals surface area contributed by atoms with Gasteiger partial charge in [0.15, 0.2) is 0 Å². The second-order valence-electron chi connectivity index (χ2n) is 3.78. The standard InChI is InChI=1S/C11H12N2O3.C2H6/c14-11-3-1-2-8-12(11)9-4-6-10(7-5-9)13(15)16;1-2/h4-7H,1-3,8H2;1-2H3. The molecule has 1 aliphatic rings. The number of rotatable bonds is 2. The number of piperidine rings is 1. The predicted molar refractivity (Wildman–Crippen MR) is 70.6 cm³/mol. The molecule has 1 amide bonds. The summed E-state index contributed by atoms with van der Waals surface area (Å²) in [5.41, 5.74) is 0.795. The van der Waals surface area contributed by atoms with Gasteiger partial charge in [0.1, 0.15) is 0 Å². The van der Waals surface area contributed by atoms with Crippen molar-refractivity contribution in [3.05, 3.63) is 34.4 Å². The lowest BCUT2D eigenvalue weighted by Gasteiger charge is -2.26. The van der Waals surface area contributed by atoms with E-state index < -0.39 is 4.92 Å². The second-order valence-corrected chi connectivity index (χ2v) is 3.78. The highest BCUT2D eigenvalue weighted by Crippen LogP contribution is 2.23. The molecule has 0 aromatic heterocycles. The third-order valence-electron chi connectivity index (χ3n) is 2.70. The number of nitro benzene ring substituents is 1. The third kappa shape index (κ3) is 3.29. The minimum atomic E-state index is -0.443. The van der Waals surface area contributed by atoms with Crippen molar-refractivity contribution in [1.29, 1.82) is 0 Å². The van der Waals surface area contributed by atoms with E-state index in [0.717, 1.165) is 18.5 Å². The fourth-order valence-corrected chi connectivity index (χ4v) is 1.83.